The quantitative estimate of drug-likeness (QED) is 0.454. The van der Waals surface area contributed by atoms with Crippen LogP contribution in [-0.4, -0.2) is 10.8 Å². The first-order valence-corrected chi connectivity index (χ1v) is 6.54. The fourth-order valence-corrected chi connectivity index (χ4v) is 2.11. The normalized spacial score (nSPS) is 11.3. The summed E-state index contributed by atoms with van der Waals surface area (Å²) in [5, 5.41) is 0.726. The van der Waals surface area contributed by atoms with Gasteiger partial charge in [0.15, 0.2) is 5.78 Å². The Balaban J connectivity index is 1.96. The standard InChI is InChI=1S/C17H13NO3/c1-11-6-7-13(18-11)8-9-15(19)14-10-12-4-2-3-5-16(12)21-17(14)20/h2-10,18H,1H3/b9-8+. The molecule has 2 heterocycles. The fourth-order valence-electron chi connectivity index (χ4n) is 2.11. The summed E-state index contributed by atoms with van der Waals surface area (Å²) in [5.74, 6) is -0.373. The Hall–Kier alpha value is -2.88. The van der Waals surface area contributed by atoms with Gasteiger partial charge in [-0.2, -0.15) is 0 Å². The number of hydrogen-bond donors (Lipinski definition) is 1. The molecule has 0 saturated carbocycles. The Bertz CT molecular complexity index is 900. The van der Waals surface area contributed by atoms with Crippen LogP contribution in [0.4, 0.5) is 0 Å². The lowest BCUT2D eigenvalue weighted by Crippen LogP contribution is -2.11. The van der Waals surface area contributed by atoms with E-state index in [1.165, 1.54) is 6.08 Å². The highest BCUT2D eigenvalue weighted by molar-refractivity contribution is 6.07. The number of hydrogen-bond acceptors (Lipinski definition) is 3. The Labute approximate surface area is 120 Å². The third-order valence-electron chi connectivity index (χ3n) is 3.18. The topological polar surface area (TPSA) is 63.1 Å². The van der Waals surface area contributed by atoms with Gasteiger partial charge in [0.05, 0.1) is 0 Å². The summed E-state index contributed by atoms with van der Waals surface area (Å²) in [4.78, 5) is 27.1. The number of carbonyl (C=O) groups excluding carboxylic acids is 1. The Morgan fingerprint density at radius 3 is 2.76 bits per heavy atom. The van der Waals surface area contributed by atoms with Crippen molar-refractivity contribution in [1.82, 2.24) is 4.98 Å². The summed E-state index contributed by atoms with van der Waals surface area (Å²) in [6.07, 6.45) is 3.01. The molecule has 0 aliphatic carbocycles. The lowest BCUT2D eigenvalue weighted by Gasteiger charge is -1.98. The number of carbonyl (C=O) groups is 1. The molecule has 0 bridgehead atoms. The van der Waals surface area contributed by atoms with Gasteiger partial charge in [0.2, 0.25) is 0 Å². The number of benzene rings is 1. The highest BCUT2D eigenvalue weighted by atomic mass is 16.4. The number of fused-ring (bicyclic) bond motifs is 1. The second-order valence-corrected chi connectivity index (χ2v) is 4.78. The van der Waals surface area contributed by atoms with Crippen LogP contribution in [0.15, 0.2) is 57.8 Å². The van der Waals surface area contributed by atoms with Gasteiger partial charge in [-0.05, 0) is 43.3 Å². The molecule has 3 rings (SSSR count). The van der Waals surface area contributed by atoms with E-state index >= 15 is 0 Å². The molecule has 0 radical (unpaired) electrons. The van der Waals surface area contributed by atoms with Crippen LogP contribution < -0.4 is 5.63 Å². The van der Waals surface area contributed by atoms with E-state index in [-0.39, 0.29) is 11.3 Å². The second kappa shape index (κ2) is 5.25. The summed E-state index contributed by atoms with van der Waals surface area (Å²) in [6.45, 7) is 1.93. The van der Waals surface area contributed by atoms with Crippen LogP contribution in [0.5, 0.6) is 0 Å². The molecule has 3 aromatic rings. The number of aromatic amines is 1. The molecule has 0 aliphatic heterocycles. The molecule has 0 saturated heterocycles. The largest absolute Gasteiger partial charge is 0.422 e. The third kappa shape index (κ3) is 2.69. The summed E-state index contributed by atoms with van der Waals surface area (Å²) >= 11 is 0. The predicted molar refractivity (Wildman–Crippen MR) is 81.4 cm³/mol. The molecule has 0 atom stereocenters. The maximum atomic E-state index is 12.1. The smallest absolute Gasteiger partial charge is 0.347 e. The van der Waals surface area contributed by atoms with E-state index in [2.05, 4.69) is 4.98 Å². The molecule has 0 unspecified atom stereocenters. The number of nitrogens with one attached hydrogen (secondary N) is 1. The van der Waals surface area contributed by atoms with Gasteiger partial charge in [-0.1, -0.05) is 18.2 Å². The van der Waals surface area contributed by atoms with Crippen LogP contribution >= 0.6 is 0 Å². The molecular formula is C17H13NO3. The van der Waals surface area contributed by atoms with Crippen molar-refractivity contribution in [1.29, 1.82) is 0 Å². The molecule has 4 nitrogen and oxygen atoms in total. The highest BCUT2D eigenvalue weighted by Crippen LogP contribution is 2.13. The van der Waals surface area contributed by atoms with Gasteiger partial charge in [0, 0.05) is 16.8 Å². The number of para-hydroxylation sites is 1. The van der Waals surface area contributed by atoms with Gasteiger partial charge in [0.1, 0.15) is 11.1 Å². The van der Waals surface area contributed by atoms with Crippen LogP contribution in [0.25, 0.3) is 17.0 Å². The number of allylic oxidation sites excluding steroid dienone is 1. The average molecular weight is 279 g/mol. The van der Waals surface area contributed by atoms with Crippen molar-refractivity contribution in [2.45, 2.75) is 6.92 Å². The van der Waals surface area contributed by atoms with E-state index in [1.807, 2.05) is 25.1 Å². The minimum atomic E-state index is -0.619. The molecule has 21 heavy (non-hydrogen) atoms. The van der Waals surface area contributed by atoms with Crippen molar-refractivity contribution in [3.63, 3.8) is 0 Å². The zero-order chi connectivity index (χ0) is 14.8. The van der Waals surface area contributed by atoms with Crippen LogP contribution in [0, 0.1) is 6.92 Å². The molecule has 1 N–H and O–H groups in total. The first-order valence-electron chi connectivity index (χ1n) is 6.54. The molecule has 0 aliphatic rings. The van der Waals surface area contributed by atoms with Gasteiger partial charge in [-0.3, -0.25) is 4.79 Å². The summed E-state index contributed by atoms with van der Waals surface area (Å²) in [6, 6.07) is 12.4. The Morgan fingerprint density at radius 2 is 2.00 bits per heavy atom. The molecule has 4 heteroatoms. The number of aromatic nitrogens is 1. The van der Waals surface area contributed by atoms with E-state index in [9.17, 15) is 9.59 Å². The second-order valence-electron chi connectivity index (χ2n) is 4.78. The van der Waals surface area contributed by atoms with Gasteiger partial charge in [-0.25, -0.2) is 4.79 Å². The zero-order valence-corrected chi connectivity index (χ0v) is 11.4. The van der Waals surface area contributed by atoms with E-state index in [0.717, 1.165) is 16.8 Å². The van der Waals surface area contributed by atoms with Gasteiger partial charge < -0.3 is 9.40 Å². The molecule has 1 aromatic carbocycles. The van der Waals surface area contributed by atoms with Crippen molar-refractivity contribution in [2.75, 3.05) is 0 Å². The number of ketones is 1. The molecule has 0 amide bonds. The van der Waals surface area contributed by atoms with Crippen molar-refractivity contribution < 1.29 is 9.21 Å². The van der Waals surface area contributed by atoms with Gasteiger partial charge in [0.25, 0.3) is 0 Å². The maximum absolute atomic E-state index is 12.1. The van der Waals surface area contributed by atoms with Crippen LogP contribution in [-0.2, 0) is 0 Å². The van der Waals surface area contributed by atoms with Gasteiger partial charge in [-0.15, -0.1) is 0 Å². The van der Waals surface area contributed by atoms with E-state index in [0.29, 0.717) is 5.58 Å². The zero-order valence-electron chi connectivity index (χ0n) is 11.4. The summed E-state index contributed by atoms with van der Waals surface area (Å²) in [5.41, 5.74) is 1.71. The van der Waals surface area contributed by atoms with Crippen molar-refractivity contribution >= 4 is 22.8 Å². The minimum Gasteiger partial charge on any atom is -0.422 e. The average Bonchev–Trinajstić information content (AvgIpc) is 2.89. The van der Waals surface area contributed by atoms with Crippen LogP contribution in [0.2, 0.25) is 0 Å². The maximum Gasteiger partial charge on any atom is 0.347 e. The van der Waals surface area contributed by atoms with E-state index < -0.39 is 5.63 Å². The fraction of sp³-hybridized carbons (Fsp3) is 0.0588. The summed E-state index contributed by atoms with van der Waals surface area (Å²) in [7, 11) is 0. The summed E-state index contributed by atoms with van der Waals surface area (Å²) < 4.78 is 5.15. The Morgan fingerprint density at radius 1 is 1.19 bits per heavy atom. The molecule has 0 spiro atoms. The minimum absolute atomic E-state index is 0.0354. The lowest BCUT2D eigenvalue weighted by molar-refractivity contribution is 0.104. The Kier molecular flexibility index (Phi) is 3.28. The number of aryl methyl sites for hydroxylation is 1. The van der Waals surface area contributed by atoms with Gasteiger partial charge >= 0.3 is 5.63 Å². The first-order chi connectivity index (χ1) is 10.1. The number of rotatable bonds is 3. The number of H-pyrrole nitrogens is 1. The molecule has 0 fully saturated rings. The van der Waals surface area contributed by atoms with Crippen molar-refractivity contribution in [3.8, 4) is 0 Å². The SMILES string of the molecule is Cc1ccc(/C=C/C(=O)c2cc3ccccc3oc2=O)[nH]1. The molecule has 104 valence electrons. The van der Waals surface area contributed by atoms with Crippen LogP contribution in [0.1, 0.15) is 21.7 Å². The first kappa shape index (κ1) is 13.1. The highest BCUT2D eigenvalue weighted by Gasteiger charge is 2.10. The third-order valence-corrected chi connectivity index (χ3v) is 3.18. The molecule has 2 aromatic heterocycles. The predicted octanol–water partition coefficient (Wildman–Crippen LogP) is 3.33. The van der Waals surface area contributed by atoms with Crippen LogP contribution in [0.3, 0.4) is 0 Å². The van der Waals surface area contributed by atoms with Crippen molar-refractivity contribution in [2.24, 2.45) is 0 Å². The molecular weight excluding hydrogens is 266 g/mol. The van der Waals surface area contributed by atoms with E-state index in [1.54, 1.807) is 30.3 Å². The van der Waals surface area contributed by atoms with Crippen molar-refractivity contribution in [3.05, 3.63) is 75.9 Å². The van der Waals surface area contributed by atoms with E-state index in [4.69, 9.17) is 4.42 Å². The monoisotopic (exact) mass is 279 g/mol. The lowest BCUT2D eigenvalue weighted by atomic mass is 10.1.